The van der Waals surface area contributed by atoms with E-state index in [1.807, 2.05) is 0 Å². The van der Waals surface area contributed by atoms with E-state index < -0.39 is 21.2 Å². The number of sulfonamides is 1. The second kappa shape index (κ2) is 3.11. The van der Waals surface area contributed by atoms with E-state index in [0.29, 0.717) is 0 Å². The molecule has 0 radical (unpaired) electrons. The summed E-state index contributed by atoms with van der Waals surface area (Å²) in [5.74, 6) is -0.314. The second-order valence-electron chi connectivity index (χ2n) is 2.79. The monoisotopic (exact) mass is 259 g/mol. The van der Waals surface area contributed by atoms with Crippen molar-refractivity contribution >= 4 is 32.0 Å². The molecule has 0 saturated carbocycles. The Hall–Kier alpha value is -0.770. The van der Waals surface area contributed by atoms with Gasteiger partial charge in [-0.3, -0.25) is 0 Å². The van der Waals surface area contributed by atoms with Gasteiger partial charge in [-0.25, -0.2) is 13.4 Å². The highest BCUT2D eigenvalue weighted by atomic mass is 32.2. The van der Waals surface area contributed by atoms with Crippen LogP contribution in [0.2, 0.25) is 0 Å². The molecule has 0 bridgehead atoms. The van der Waals surface area contributed by atoms with Crippen molar-refractivity contribution in [3.63, 3.8) is 0 Å². The Labute approximate surface area is 87.1 Å². The van der Waals surface area contributed by atoms with Gasteiger partial charge in [0.1, 0.15) is 0 Å². The van der Waals surface area contributed by atoms with Gasteiger partial charge in [0.2, 0.25) is 10.2 Å². The maximum absolute atomic E-state index is 12.2. The first-order chi connectivity index (χ1) is 6.78. The third-order valence-electron chi connectivity index (χ3n) is 1.64. The second-order valence-corrected chi connectivity index (χ2v) is 5.50. The average molecular weight is 259 g/mol. The Balaban J connectivity index is 2.31. The van der Waals surface area contributed by atoms with Crippen LogP contribution in [0.5, 0.6) is 0 Å². The minimum atomic E-state index is -4.56. The number of thioether (sulfide) groups is 1. The van der Waals surface area contributed by atoms with E-state index in [1.54, 1.807) is 0 Å². The van der Waals surface area contributed by atoms with Gasteiger partial charge in [0, 0.05) is 0 Å². The topological polar surface area (TPSA) is 62.1 Å². The van der Waals surface area contributed by atoms with E-state index in [9.17, 15) is 21.6 Å². The molecule has 0 spiro atoms. The van der Waals surface area contributed by atoms with Crippen LogP contribution in [0.1, 0.15) is 0 Å². The number of hydrazone groups is 1. The summed E-state index contributed by atoms with van der Waals surface area (Å²) >= 11 is 0.226. The molecule has 0 atom stereocenters. The molecule has 10 heteroatoms. The zero-order valence-corrected chi connectivity index (χ0v) is 8.66. The Morgan fingerprint density at radius 1 is 1.40 bits per heavy atom. The molecule has 0 aromatic rings. The molecule has 0 aromatic heterocycles. The maximum Gasteiger partial charge on any atom is 0.441 e. The van der Waals surface area contributed by atoms with Crippen LogP contribution < -0.4 is 0 Å². The molecule has 0 unspecified atom stereocenters. The Kier molecular flexibility index (Phi) is 2.23. The molecule has 84 valence electrons. The van der Waals surface area contributed by atoms with Crippen molar-refractivity contribution in [2.75, 3.05) is 12.3 Å². The van der Waals surface area contributed by atoms with Gasteiger partial charge in [-0.15, -0.1) is 4.40 Å². The van der Waals surface area contributed by atoms with Crippen LogP contribution in [0.3, 0.4) is 0 Å². The Morgan fingerprint density at radius 2 is 2.07 bits per heavy atom. The number of rotatable bonds is 0. The fraction of sp³-hybridized carbons (Fsp3) is 0.600. The number of alkyl halides is 3. The normalized spacial score (nSPS) is 24.6. The Bertz CT molecular complexity index is 453. The SMILES string of the molecule is O=S1(=O)CCN2N=C(C(F)(F)F)SC2=N1. The zero-order valence-electron chi connectivity index (χ0n) is 7.02. The number of nitrogens with zero attached hydrogens (tertiary/aromatic N) is 3. The van der Waals surface area contributed by atoms with E-state index >= 15 is 0 Å². The first kappa shape index (κ1) is 10.7. The highest BCUT2D eigenvalue weighted by Crippen LogP contribution is 2.33. The highest BCUT2D eigenvalue weighted by Gasteiger charge is 2.44. The summed E-state index contributed by atoms with van der Waals surface area (Å²) in [4.78, 5) is 0. The predicted octanol–water partition coefficient (Wildman–Crippen LogP) is 0.610. The number of amidine groups is 1. The van der Waals surface area contributed by atoms with E-state index in [2.05, 4.69) is 9.50 Å². The average Bonchev–Trinajstić information content (AvgIpc) is 2.43. The van der Waals surface area contributed by atoms with Gasteiger partial charge in [0.05, 0.1) is 12.3 Å². The zero-order chi connectivity index (χ0) is 11.3. The van der Waals surface area contributed by atoms with Crippen molar-refractivity contribution in [3.05, 3.63) is 0 Å². The summed E-state index contributed by atoms with van der Waals surface area (Å²) in [6.45, 7) is -0.0895. The summed E-state index contributed by atoms with van der Waals surface area (Å²) in [7, 11) is -3.62. The van der Waals surface area contributed by atoms with Crippen LogP contribution in [0, 0.1) is 0 Å². The summed E-state index contributed by atoms with van der Waals surface area (Å²) in [6.07, 6.45) is -4.56. The Morgan fingerprint density at radius 3 is 2.67 bits per heavy atom. The van der Waals surface area contributed by atoms with E-state index in [0.717, 1.165) is 5.01 Å². The van der Waals surface area contributed by atoms with E-state index in [-0.39, 0.29) is 29.2 Å². The first-order valence-corrected chi connectivity index (χ1v) is 6.14. The molecule has 0 N–H and O–H groups in total. The van der Waals surface area contributed by atoms with Gasteiger partial charge in [-0.1, -0.05) is 0 Å². The molecular formula is C5H4F3N3O2S2. The van der Waals surface area contributed by atoms with E-state index in [4.69, 9.17) is 0 Å². The van der Waals surface area contributed by atoms with Gasteiger partial charge < -0.3 is 0 Å². The number of fused-ring (bicyclic) bond motifs is 1. The fourth-order valence-corrected chi connectivity index (χ4v) is 2.99. The molecule has 0 saturated heterocycles. The molecular weight excluding hydrogens is 255 g/mol. The summed E-state index contributed by atoms with van der Waals surface area (Å²) in [5, 5.41) is 2.88. The van der Waals surface area contributed by atoms with Crippen molar-refractivity contribution in [2.24, 2.45) is 9.50 Å². The predicted molar refractivity (Wildman–Crippen MR) is 49.0 cm³/mol. The molecule has 2 heterocycles. The van der Waals surface area contributed by atoms with Gasteiger partial charge >= 0.3 is 6.18 Å². The molecule has 2 rings (SSSR count). The first-order valence-electron chi connectivity index (χ1n) is 3.72. The van der Waals surface area contributed by atoms with Crippen molar-refractivity contribution in [2.45, 2.75) is 6.18 Å². The lowest BCUT2D eigenvalue weighted by molar-refractivity contribution is -0.0560. The fourth-order valence-electron chi connectivity index (χ4n) is 1.00. The smallest absolute Gasteiger partial charge is 0.239 e. The third-order valence-corrected chi connectivity index (χ3v) is 3.90. The highest BCUT2D eigenvalue weighted by molar-refractivity contribution is 8.27. The lowest BCUT2D eigenvalue weighted by atomic mass is 10.7. The molecule has 2 aliphatic heterocycles. The lowest BCUT2D eigenvalue weighted by Gasteiger charge is -2.17. The lowest BCUT2D eigenvalue weighted by Crippen LogP contribution is -2.31. The van der Waals surface area contributed by atoms with Crippen molar-refractivity contribution in [1.29, 1.82) is 0 Å². The molecule has 15 heavy (non-hydrogen) atoms. The van der Waals surface area contributed by atoms with Crippen LogP contribution in [-0.4, -0.2) is 42.1 Å². The summed E-state index contributed by atoms with van der Waals surface area (Å²) in [6, 6.07) is 0. The molecule has 0 aromatic carbocycles. The van der Waals surface area contributed by atoms with Crippen LogP contribution in [-0.2, 0) is 10.0 Å². The number of hydrogen-bond acceptors (Lipinski definition) is 5. The van der Waals surface area contributed by atoms with Gasteiger partial charge in [0.25, 0.3) is 10.0 Å². The van der Waals surface area contributed by atoms with Crippen LogP contribution in [0.15, 0.2) is 9.50 Å². The minimum Gasteiger partial charge on any atom is -0.239 e. The van der Waals surface area contributed by atoms with Crippen molar-refractivity contribution in [1.82, 2.24) is 5.01 Å². The van der Waals surface area contributed by atoms with Crippen molar-refractivity contribution < 1.29 is 21.6 Å². The largest absolute Gasteiger partial charge is 0.441 e. The molecule has 5 nitrogen and oxygen atoms in total. The quantitative estimate of drug-likeness (QED) is 0.639. The summed E-state index contributed by atoms with van der Waals surface area (Å²) in [5.41, 5.74) is 0. The van der Waals surface area contributed by atoms with Crippen LogP contribution in [0.4, 0.5) is 13.2 Å². The van der Waals surface area contributed by atoms with Crippen molar-refractivity contribution in [3.8, 4) is 0 Å². The van der Waals surface area contributed by atoms with Gasteiger partial charge in [0.15, 0.2) is 0 Å². The molecule has 0 amide bonds. The minimum absolute atomic E-state index is 0.0895. The third kappa shape index (κ3) is 2.09. The molecule has 0 fully saturated rings. The standard InChI is InChI=1S/C5H4F3N3O2S2/c6-5(7,8)3-9-11-1-2-15(12,13)10-4(11)14-3/h1-2H2. The number of halogens is 3. The summed E-state index contributed by atoms with van der Waals surface area (Å²) < 4.78 is 61.8. The maximum atomic E-state index is 12.2. The molecule has 2 aliphatic rings. The van der Waals surface area contributed by atoms with Gasteiger partial charge in [-0.2, -0.15) is 18.3 Å². The van der Waals surface area contributed by atoms with Crippen LogP contribution in [0.25, 0.3) is 0 Å². The van der Waals surface area contributed by atoms with Crippen LogP contribution >= 0.6 is 11.8 Å². The molecule has 0 aliphatic carbocycles. The van der Waals surface area contributed by atoms with Gasteiger partial charge in [-0.05, 0) is 11.8 Å². The van der Waals surface area contributed by atoms with E-state index in [1.165, 1.54) is 0 Å². The number of hydrogen-bond donors (Lipinski definition) is 0.